The quantitative estimate of drug-likeness (QED) is 0.312. The summed E-state index contributed by atoms with van der Waals surface area (Å²) >= 11 is 0. The molecule has 0 aliphatic rings. The smallest absolute Gasteiger partial charge is 1.00 e. The summed E-state index contributed by atoms with van der Waals surface area (Å²) in [5.41, 5.74) is 0. The van der Waals surface area contributed by atoms with Crippen LogP contribution in [0.3, 0.4) is 0 Å². The normalized spacial score (nSPS) is 7.37. The first-order valence-electron chi connectivity index (χ1n) is 4.98. The van der Waals surface area contributed by atoms with Gasteiger partial charge in [0.25, 0.3) is 0 Å². The Morgan fingerprint density at radius 2 is 1.42 bits per heavy atom. The topological polar surface area (TPSA) is 0 Å². The second kappa shape index (κ2) is 14.4. The first kappa shape index (κ1) is 24.0. The third-order valence-corrected chi connectivity index (χ3v) is 2.15. The summed E-state index contributed by atoms with van der Waals surface area (Å²) in [5, 5.41) is 2.66. The molecule has 3 aromatic rings. The Labute approximate surface area is 149 Å². The van der Waals surface area contributed by atoms with E-state index in [1.165, 1.54) is 10.8 Å². The van der Waals surface area contributed by atoms with Gasteiger partial charge in [-0.3, -0.25) is 0 Å². The zero-order chi connectivity index (χ0) is 10.3. The fourth-order valence-electron chi connectivity index (χ4n) is 1.41. The van der Waals surface area contributed by atoms with Gasteiger partial charge < -0.3 is 24.8 Å². The van der Waals surface area contributed by atoms with Gasteiger partial charge in [-0.1, -0.05) is 6.07 Å². The van der Waals surface area contributed by atoms with Gasteiger partial charge in [-0.15, -0.1) is 29.7 Å². The van der Waals surface area contributed by atoms with Crippen molar-refractivity contribution < 1.29 is 51.0 Å². The van der Waals surface area contributed by atoms with Gasteiger partial charge in [0.15, 0.2) is 0 Å². The van der Waals surface area contributed by atoms with Crippen molar-refractivity contribution in [3.05, 3.63) is 78.9 Å². The Hall–Kier alpha value is -0.0569. The Bertz CT molecular complexity index is 455. The average Bonchev–Trinajstić information content (AvgIpc) is 2.80. The molecule has 3 aromatic carbocycles. The van der Waals surface area contributed by atoms with E-state index in [2.05, 4.69) is 48.5 Å². The van der Waals surface area contributed by atoms with E-state index in [4.69, 9.17) is 0 Å². The minimum atomic E-state index is 0. The maximum atomic E-state index is 2.89. The molecule has 19 heavy (non-hydrogen) atoms. The molecule has 0 aliphatic carbocycles. The van der Waals surface area contributed by atoms with Crippen LogP contribution in [0, 0.1) is 6.07 Å². The van der Waals surface area contributed by atoms with E-state index in [0.29, 0.717) is 0 Å². The van der Waals surface area contributed by atoms with E-state index >= 15 is 0 Å². The van der Waals surface area contributed by atoms with Crippen molar-refractivity contribution in [3.8, 4) is 0 Å². The van der Waals surface area contributed by atoms with Crippen LogP contribution >= 0.6 is 9.90 Å². The monoisotopic (exact) mass is 386 g/mol. The van der Waals surface area contributed by atoms with Crippen LogP contribution in [-0.2, 0) is 26.2 Å². The van der Waals surface area contributed by atoms with Gasteiger partial charge in [0.1, 0.15) is 0 Å². The molecule has 0 fully saturated rings. The second-order valence-electron chi connectivity index (χ2n) is 3.23. The second-order valence-corrected chi connectivity index (χ2v) is 3.23. The first-order chi connectivity index (χ1) is 7.47. The molecule has 3 rings (SSSR count). The van der Waals surface area contributed by atoms with Gasteiger partial charge in [0, 0.05) is 0 Å². The summed E-state index contributed by atoms with van der Waals surface area (Å²) < 4.78 is 0. The number of hydrogen-bond acceptors (Lipinski definition) is 0. The van der Waals surface area contributed by atoms with Crippen LogP contribution < -0.4 is 24.8 Å². The zero-order valence-electron chi connectivity index (χ0n) is 10.4. The maximum Gasteiger partial charge on any atom is 4.00 e. The molecule has 4 heteroatoms. The van der Waals surface area contributed by atoms with E-state index < -0.39 is 0 Å². The molecule has 0 heterocycles. The number of rotatable bonds is 0. The van der Waals surface area contributed by atoms with Gasteiger partial charge in [0.2, 0.25) is 0 Å². The summed E-state index contributed by atoms with van der Waals surface area (Å²) in [4.78, 5) is 0. The Kier molecular flexibility index (Phi) is 18.1. The molecule has 0 aromatic heterocycles. The van der Waals surface area contributed by atoms with Gasteiger partial charge >= 0.3 is 26.2 Å². The van der Waals surface area contributed by atoms with E-state index in [-0.39, 0.29) is 60.9 Å². The third-order valence-electron chi connectivity index (χ3n) is 2.15. The van der Waals surface area contributed by atoms with Crippen molar-refractivity contribution in [2.45, 2.75) is 0 Å². The number of hydrogen-bond donors (Lipinski definition) is 0. The SMILES string of the molecule is P.[Cl-].[Cl-].[Zr+4].[c-]1ccccc1.c1ccc2[cH-]ccc2c1. The number of benzene rings is 2. The molecule has 0 N–H and O–H groups in total. The Morgan fingerprint density at radius 1 is 0.789 bits per heavy atom. The average molecular weight is 388 g/mol. The van der Waals surface area contributed by atoms with Gasteiger partial charge in [-0.25, -0.2) is 0 Å². The van der Waals surface area contributed by atoms with Crippen molar-refractivity contribution in [2.24, 2.45) is 0 Å². The van der Waals surface area contributed by atoms with Crippen LogP contribution in [0.2, 0.25) is 0 Å². The van der Waals surface area contributed by atoms with Crippen molar-refractivity contribution in [3.63, 3.8) is 0 Å². The maximum absolute atomic E-state index is 2.89. The standard InChI is InChI=1S/C9H7.C6H5.2ClH.H3P.Zr/c1-2-5-9-7-3-6-8(9)4-1;1-2-4-6-5-3-1;;;;/h1-7H;1-5H;2*1H;1H3;/q2*-1;;;;+4/p-2. The van der Waals surface area contributed by atoms with Gasteiger partial charge in [-0.2, -0.15) is 63.8 Å². The largest absolute Gasteiger partial charge is 4.00 e. The fourth-order valence-corrected chi connectivity index (χ4v) is 1.41. The molecule has 1 atom stereocenters. The van der Waals surface area contributed by atoms with Crippen LogP contribution in [-0.4, -0.2) is 0 Å². The summed E-state index contributed by atoms with van der Waals surface area (Å²) in [6.45, 7) is 0. The van der Waals surface area contributed by atoms with Gasteiger partial charge in [0.05, 0.1) is 0 Å². The molecular weight excluding hydrogens is 373 g/mol. The van der Waals surface area contributed by atoms with E-state index in [1.54, 1.807) is 0 Å². The van der Waals surface area contributed by atoms with Crippen LogP contribution in [0.1, 0.15) is 0 Å². The third kappa shape index (κ3) is 8.66. The predicted molar refractivity (Wildman–Crippen MR) is 75.9 cm³/mol. The molecule has 0 spiro atoms. The fraction of sp³-hybridized carbons (Fsp3) is 0. The molecule has 1 unspecified atom stereocenters. The minimum Gasteiger partial charge on any atom is -1.00 e. The van der Waals surface area contributed by atoms with Crippen LogP contribution in [0.25, 0.3) is 10.8 Å². The Balaban J connectivity index is -0.000000234. The van der Waals surface area contributed by atoms with Crippen LogP contribution in [0.4, 0.5) is 0 Å². The van der Waals surface area contributed by atoms with Crippen LogP contribution in [0.5, 0.6) is 0 Å². The molecule has 0 amide bonds. The zero-order valence-corrected chi connectivity index (χ0v) is 15.8. The summed E-state index contributed by atoms with van der Waals surface area (Å²) in [6, 6.07) is 27.2. The van der Waals surface area contributed by atoms with E-state index in [1.807, 2.05) is 30.3 Å². The van der Waals surface area contributed by atoms with Crippen molar-refractivity contribution in [1.82, 2.24) is 0 Å². The van der Waals surface area contributed by atoms with Crippen LogP contribution in [0.15, 0.2) is 72.8 Å². The van der Waals surface area contributed by atoms with Crippen molar-refractivity contribution in [2.75, 3.05) is 0 Å². The molecule has 0 bridgehead atoms. The summed E-state index contributed by atoms with van der Waals surface area (Å²) in [5.74, 6) is 0. The molecular formula is C15H15Cl2PZr. The molecule has 0 radical (unpaired) electrons. The number of fused-ring (bicyclic) bond motifs is 1. The predicted octanol–water partition coefficient (Wildman–Crippen LogP) is -1.89. The summed E-state index contributed by atoms with van der Waals surface area (Å²) in [6.07, 6.45) is 0. The van der Waals surface area contributed by atoms with Crippen molar-refractivity contribution in [1.29, 1.82) is 0 Å². The molecule has 0 saturated heterocycles. The number of halogens is 2. The molecule has 0 saturated carbocycles. The van der Waals surface area contributed by atoms with E-state index in [0.717, 1.165) is 0 Å². The molecule has 98 valence electrons. The van der Waals surface area contributed by atoms with Crippen molar-refractivity contribution >= 4 is 20.7 Å². The minimum absolute atomic E-state index is 0. The summed E-state index contributed by atoms with van der Waals surface area (Å²) in [7, 11) is 0. The Morgan fingerprint density at radius 3 is 1.89 bits per heavy atom. The van der Waals surface area contributed by atoms with Gasteiger partial charge in [-0.05, 0) is 0 Å². The van der Waals surface area contributed by atoms with E-state index in [9.17, 15) is 0 Å². The molecule has 0 nitrogen and oxygen atoms in total. The molecule has 0 aliphatic heterocycles. The first-order valence-corrected chi connectivity index (χ1v) is 4.98.